The lowest BCUT2D eigenvalue weighted by molar-refractivity contribution is 0.182. The number of hydrogen-bond acceptors (Lipinski definition) is 3. The first-order chi connectivity index (χ1) is 8.11. The van der Waals surface area contributed by atoms with E-state index in [4.69, 9.17) is 0 Å². The molecule has 0 amide bonds. The summed E-state index contributed by atoms with van der Waals surface area (Å²) in [6, 6.07) is 2.39. The predicted molar refractivity (Wildman–Crippen MR) is 75.4 cm³/mol. The average molecular weight is 315 g/mol. The SMILES string of the molecule is C[C@H](c1ccc(F)c(F)c1O)N1CCNCC1.Cl.Cl. The van der Waals surface area contributed by atoms with Crippen LogP contribution in [-0.2, 0) is 0 Å². The largest absolute Gasteiger partial charge is 0.505 e. The van der Waals surface area contributed by atoms with E-state index in [-0.39, 0.29) is 30.9 Å². The molecule has 1 saturated heterocycles. The Kier molecular flexibility index (Phi) is 7.59. The number of nitrogens with one attached hydrogen (secondary N) is 1. The molecule has 0 aromatic heterocycles. The zero-order valence-electron chi connectivity index (χ0n) is 10.5. The third-order valence-corrected chi connectivity index (χ3v) is 3.25. The van der Waals surface area contributed by atoms with Gasteiger partial charge in [-0.15, -0.1) is 24.8 Å². The Morgan fingerprint density at radius 3 is 2.37 bits per heavy atom. The van der Waals surface area contributed by atoms with Gasteiger partial charge in [-0.2, -0.15) is 4.39 Å². The van der Waals surface area contributed by atoms with Crippen LogP contribution in [0.3, 0.4) is 0 Å². The van der Waals surface area contributed by atoms with Crippen LogP contribution in [0.15, 0.2) is 12.1 Å². The first kappa shape index (κ1) is 18.4. The molecule has 2 rings (SSSR count). The summed E-state index contributed by atoms with van der Waals surface area (Å²) in [6.07, 6.45) is 0. The Morgan fingerprint density at radius 2 is 1.79 bits per heavy atom. The Morgan fingerprint density at radius 1 is 1.21 bits per heavy atom. The number of hydrogen-bond donors (Lipinski definition) is 2. The van der Waals surface area contributed by atoms with E-state index in [9.17, 15) is 13.9 Å². The molecule has 0 bridgehead atoms. The molecule has 110 valence electrons. The molecule has 0 unspecified atom stereocenters. The number of halogens is 4. The predicted octanol–water partition coefficient (Wildman–Crippen LogP) is 2.48. The average Bonchev–Trinajstić information content (AvgIpc) is 2.36. The fraction of sp³-hybridized carbons (Fsp3) is 0.500. The van der Waals surface area contributed by atoms with Crippen molar-refractivity contribution >= 4 is 24.8 Å². The Bertz CT molecular complexity index is 415. The molecule has 1 aromatic rings. The Balaban J connectivity index is 0.00000162. The second kappa shape index (κ2) is 7.85. The maximum Gasteiger partial charge on any atom is 0.200 e. The summed E-state index contributed by atoms with van der Waals surface area (Å²) >= 11 is 0. The lowest BCUT2D eigenvalue weighted by Gasteiger charge is -2.33. The van der Waals surface area contributed by atoms with Gasteiger partial charge in [-0.1, -0.05) is 6.07 Å². The summed E-state index contributed by atoms with van der Waals surface area (Å²) in [5, 5.41) is 12.8. The zero-order chi connectivity index (χ0) is 12.4. The van der Waals surface area contributed by atoms with Crippen molar-refractivity contribution in [3.63, 3.8) is 0 Å². The topological polar surface area (TPSA) is 35.5 Å². The van der Waals surface area contributed by atoms with E-state index >= 15 is 0 Å². The number of phenolic OH excluding ortho intramolecular Hbond substituents is 1. The molecule has 0 radical (unpaired) electrons. The van der Waals surface area contributed by atoms with Crippen LogP contribution in [0.2, 0.25) is 0 Å². The number of rotatable bonds is 2. The minimum Gasteiger partial charge on any atom is -0.505 e. The fourth-order valence-corrected chi connectivity index (χ4v) is 2.16. The standard InChI is InChI=1S/C12H16F2N2O.2ClH/c1-8(16-6-4-15-5-7-16)9-2-3-10(13)11(14)12(9)17;;/h2-3,8,15,17H,4-7H2,1H3;2*1H/t8-;;/m1../s1. The molecule has 1 fully saturated rings. The van der Waals surface area contributed by atoms with Crippen LogP contribution in [0.4, 0.5) is 8.78 Å². The lowest BCUT2D eigenvalue weighted by atomic mass is 10.0. The highest BCUT2D eigenvalue weighted by atomic mass is 35.5. The maximum atomic E-state index is 13.3. The molecule has 0 saturated carbocycles. The normalized spacial score (nSPS) is 17.2. The molecule has 0 spiro atoms. The first-order valence-corrected chi connectivity index (χ1v) is 5.73. The highest BCUT2D eigenvalue weighted by molar-refractivity contribution is 5.85. The van der Waals surface area contributed by atoms with Crippen LogP contribution in [0.5, 0.6) is 5.75 Å². The molecule has 1 aromatic carbocycles. The number of benzene rings is 1. The van der Waals surface area contributed by atoms with E-state index in [0.29, 0.717) is 5.56 Å². The minimum absolute atomic E-state index is 0. The summed E-state index contributed by atoms with van der Waals surface area (Å²) in [5.74, 6) is -2.75. The smallest absolute Gasteiger partial charge is 0.200 e. The van der Waals surface area contributed by atoms with Crippen LogP contribution in [-0.4, -0.2) is 36.2 Å². The number of piperazine rings is 1. The Labute approximate surface area is 123 Å². The quantitative estimate of drug-likeness (QED) is 0.880. The number of phenols is 1. The minimum atomic E-state index is -1.16. The van der Waals surface area contributed by atoms with Gasteiger partial charge in [0, 0.05) is 37.8 Å². The second-order valence-corrected chi connectivity index (χ2v) is 4.26. The van der Waals surface area contributed by atoms with Crippen molar-refractivity contribution in [1.29, 1.82) is 0 Å². The van der Waals surface area contributed by atoms with Gasteiger partial charge in [0.1, 0.15) is 0 Å². The molecule has 19 heavy (non-hydrogen) atoms. The molecule has 2 N–H and O–H groups in total. The summed E-state index contributed by atoms with van der Waals surface area (Å²) in [4.78, 5) is 2.13. The molecule has 0 aliphatic carbocycles. The molecule has 1 atom stereocenters. The number of aromatic hydroxyl groups is 1. The van der Waals surface area contributed by atoms with Crippen LogP contribution < -0.4 is 5.32 Å². The van der Waals surface area contributed by atoms with Gasteiger partial charge < -0.3 is 10.4 Å². The Hall–Kier alpha value is -0.620. The van der Waals surface area contributed by atoms with E-state index in [1.54, 1.807) is 0 Å². The van der Waals surface area contributed by atoms with Gasteiger partial charge >= 0.3 is 0 Å². The van der Waals surface area contributed by atoms with E-state index in [1.165, 1.54) is 6.07 Å². The van der Waals surface area contributed by atoms with Gasteiger partial charge in [-0.3, -0.25) is 4.90 Å². The van der Waals surface area contributed by atoms with Crippen molar-refractivity contribution in [2.24, 2.45) is 0 Å². The molecule has 7 heteroatoms. The third kappa shape index (κ3) is 3.92. The van der Waals surface area contributed by atoms with Gasteiger partial charge in [-0.25, -0.2) is 4.39 Å². The van der Waals surface area contributed by atoms with Crippen molar-refractivity contribution < 1.29 is 13.9 Å². The van der Waals surface area contributed by atoms with Crippen molar-refractivity contribution in [2.45, 2.75) is 13.0 Å². The van der Waals surface area contributed by atoms with E-state index in [2.05, 4.69) is 10.2 Å². The van der Waals surface area contributed by atoms with E-state index in [0.717, 1.165) is 32.2 Å². The van der Waals surface area contributed by atoms with Gasteiger partial charge in [-0.05, 0) is 13.0 Å². The fourth-order valence-electron chi connectivity index (χ4n) is 2.16. The van der Waals surface area contributed by atoms with Crippen LogP contribution in [0.25, 0.3) is 0 Å². The van der Waals surface area contributed by atoms with Crippen molar-refractivity contribution in [1.82, 2.24) is 10.2 Å². The third-order valence-electron chi connectivity index (χ3n) is 3.25. The van der Waals surface area contributed by atoms with Crippen LogP contribution in [0, 0.1) is 11.6 Å². The maximum absolute atomic E-state index is 13.3. The number of nitrogens with zero attached hydrogens (tertiary/aromatic N) is 1. The summed E-state index contributed by atoms with van der Waals surface area (Å²) in [5.41, 5.74) is 0.436. The molecular weight excluding hydrogens is 297 g/mol. The van der Waals surface area contributed by atoms with E-state index < -0.39 is 17.4 Å². The monoisotopic (exact) mass is 314 g/mol. The van der Waals surface area contributed by atoms with E-state index in [1.807, 2.05) is 6.92 Å². The van der Waals surface area contributed by atoms with Crippen molar-refractivity contribution in [3.05, 3.63) is 29.3 Å². The van der Waals surface area contributed by atoms with Crippen molar-refractivity contribution in [3.8, 4) is 5.75 Å². The highest BCUT2D eigenvalue weighted by Gasteiger charge is 2.23. The molecule has 1 heterocycles. The van der Waals surface area contributed by atoms with Crippen molar-refractivity contribution in [2.75, 3.05) is 26.2 Å². The van der Waals surface area contributed by atoms with Crippen LogP contribution >= 0.6 is 24.8 Å². The van der Waals surface area contributed by atoms with Gasteiger partial charge in [0.05, 0.1) is 0 Å². The summed E-state index contributed by atoms with van der Waals surface area (Å²) in [7, 11) is 0. The highest BCUT2D eigenvalue weighted by Crippen LogP contribution is 2.31. The first-order valence-electron chi connectivity index (χ1n) is 5.73. The van der Waals surface area contributed by atoms with Crippen LogP contribution in [0.1, 0.15) is 18.5 Å². The molecular formula is C12H18Cl2F2N2O. The zero-order valence-corrected chi connectivity index (χ0v) is 12.2. The molecule has 1 aliphatic heterocycles. The van der Waals surface area contributed by atoms with Gasteiger partial charge in [0.2, 0.25) is 5.82 Å². The van der Waals surface area contributed by atoms with Gasteiger partial charge in [0.25, 0.3) is 0 Å². The molecule has 3 nitrogen and oxygen atoms in total. The van der Waals surface area contributed by atoms with Gasteiger partial charge in [0.15, 0.2) is 11.6 Å². The lowest BCUT2D eigenvalue weighted by Crippen LogP contribution is -2.44. The second-order valence-electron chi connectivity index (χ2n) is 4.26. The summed E-state index contributed by atoms with van der Waals surface area (Å²) in [6.45, 7) is 5.29. The summed E-state index contributed by atoms with van der Waals surface area (Å²) < 4.78 is 26.2. The molecule has 1 aliphatic rings.